The van der Waals surface area contributed by atoms with E-state index in [2.05, 4.69) is 15.4 Å². The van der Waals surface area contributed by atoms with E-state index in [1.807, 2.05) is 7.05 Å². The van der Waals surface area contributed by atoms with Crippen LogP contribution in [0.25, 0.3) is 0 Å². The molecule has 5 nitrogen and oxygen atoms in total. The summed E-state index contributed by atoms with van der Waals surface area (Å²) in [6, 6.07) is 0. The van der Waals surface area contributed by atoms with Gasteiger partial charge in [-0.3, -0.25) is 4.68 Å². The number of hydrogen-bond donors (Lipinski definition) is 1. The first kappa shape index (κ1) is 10.1. The Morgan fingerprint density at radius 2 is 2.46 bits per heavy atom. The predicted molar refractivity (Wildman–Crippen MR) is 49.2 cm³/mol. The molecule has 0 saturated heterocycles. The Hall–Kier alpha value is -0.940. The number of aromatic nitrogens is 3. The maximum Gasteiger partial charge on any atom is 0.164 e. The zero-order valence-electron chi connectivity index (χ0n) is 8.16. The molecule has 0 aliphatic rings. The normalized spacial score (nSPS) is 10.6. The quantitative estimate of drug-likeness (QED) is 0.629. The Labute approximate surface area is 78.1 Å². The molecule has 1 aromatic rings. The summed E-state index contributed by atoms with van der Waals surface area (Å²) in [5.74, 6) is 0.833. The van der Waals surface area contributed by atoms with Crippen molar-refractivity contribution in [3.8, 4) is 0 Å². The van der Waals surface area contributed by atoms with Crippen molar-refractivity contribution in [3.05, 3.63) is 12.2 Å². The average Bonchev–Trinajstić information content (AvgIpc) is 2.51. The molecule has 74 valence electrons. The first-order valence-electron chi connectivity index (χ1n) is 4.37. The van der Waals surface area contributed by atoms with Crippen LogP contribution in [-0.2, 0) is 18.3 Å². The van der Waals surface area contributed by atoms with E-state index in [4.69, 9.17) is 4.74 Å². The van der Waals surface area contributed by atoms with Crippen LogP contribution in [0.2, 0.25) is 0 Å². The van der Waals surface area contributed by atoms with Crippen molar-refractivity contribution in [3.63, 3.8) is 0 Å². The minimum absolute atomic E-state index is 0.727. The topological polar surface area (TPSA) is 52.0 Å². The Kier molecular flexibility index (Phi) is 4.42. The van der Waals surface area contributed by atoms with Gasteiger partial charge in [-0.2, -0.15) is 5.10 Å². The zero-order valence-corrected chi connectivity index (χ0v) is 8.16. The van der Waals surface area contributed by atoms with Crippen LogP contribution < -0.4 is 5.32 Å². The first-order chi connectivity index (χ1) is 6.33. The molecule has 0 amide bonds. The molecule has 0 atom stereocenters. The highest BCUT2D eigenvalue weighted by atomic mass is 16.5. The van der Waals surface area contributed by atoms with Gasteiger partial charge in [-0.25, -0.2) is 4.98 Å². The Bertz CT molecular complexity index is 236. The average molecular weight is 184 g/mol. The third-order valence-electron chi connectivity index (χ3n) is 1.63. The monoisotopic (exact) mass is 184 g/mol. The number of nitrogens with zero attached hydrogens (tertiary/aromatic N) is 3. The number of hydrogen-bond acceptors (Lipinski definition) is 4. The van der Waals surface area contributed by atoms with Gasteiger partial charge in [0, 0.05) is 20.8 Å². The second-order valence-electron chi connectivity index (χ2n) is 2.86. The van der Waals surface area contributed by atoms with E-state index < -0.39 is 0 Å². The summed E-state index contributed by atoms with van der Waals surface area (Å²) >= 11 is 0. The fourth-order valence-corrected chi connectivity index (χ4v) is 1.01. The minimum Gasteiger partial charge on any atom is -0.385 e. The molecule has 13 heavy (non-hydrogen) atoms. The summed E-state index contributed by atoms with van der Waals surface area (Å²) in [7, 11) is 3.57. The van der Waals surface area contributed by atoms with Gasteiger partial charge in [0.25, 0.3) is 0 Å². The molecule has 0 spiro atoms. The lowest BCUT2D eigenvalue weighted by Gasteiger charge is -2.00. The van der Waals surface area contributed by atoms with Crippen molar-refractivity contribution in [2.24, 2.45) is 7.05 Å². The zero-order chi connectivity index (χ0) is 9.52. The van der Waals surface area contributed by atoms with Crippen LogP contribution in [0.1, 0.15) is 12.2 Å². The van der Waals surface area contributed by atoms with Crippen LogP contribution in [0.4, 0.5) is 0 Å². The molecule has 1 N–H and O–H groups in total. The number of rotatable bonds is 6. The molecule has 0 unspecified atom stereocenters. The fourth-order valence-electron chi connectivity index (χ4n) is 1.01. The lowest BCUT2D eigenvalue weighted by Crippen LogP contribution is -2.17. The molecule has 5 heteroatoms. The standard InChI is InChI=1S/C8H16N4O/c1-12-7-10-8(11-12)6-9-4-3-5-13-2/h7,9H,3-6H2,1-2H3. The largest absolute Gasteiger partial charge is 0.385 e. The molecule has 0 aromatic carbocycles. The van der Waals surface area contributed by atoms with Gasteiger partial charge in [0.15, 0.2) is 5.82 Å². The van der Waals surface area contributed by atoms with E-state index >= 15 is 0 Å². The van der Waals surface area contributed by atoms with Gasteiger partial charge in [-0.1, -0.05) is 0 Å². The van der Waals surface area contributed by atoms with Crippen molar-refractivity contribution >= 4 is 0 Å². The van der Waals surface area contributed by atoms with Crippen LogP contribution in [0.15, 0.2) is 6.33 Å². The Morgan fingerprint density at radius 3 is 3.08 bits per heavy atom. The molecular weight excluding hydrogens is 168 g/mol. The van der Waals surface area contributed by atoms with E-state index in [1.165, 1.54) is 0 Å². The number of aryl methyl sites for hydroxylation is 1. The number of nitrogens with one attached hydrogen (secondary N) is 1. The maximum absolute atomic E-state index is 4.92. The summed E-state index contributed by atoms with van der Waals surface area (Å²) < 4.78 is 6.62. The molecule has 0 saturated carbocycles. The highest BCUT2D eigenvalue weighted by Crippen LogP contribution is 1.86. The third kappa shape index (κ3) is 4.00. The predicted octanol–water partition coefficient (Wildman–Crippen LogP) is -0.0588. The van der Waals surface area contributed by atoms with E-state index in [1.54, 1.807) is 18.1 Å². The molecule has 0 radical (unpaired) electrons. The lowest BCUT2D eigenvalue weighted by atomic mass is 10.4. The van der Waals surface area contributed by atoms with Gasteiger partial charge < -0.3 is 10.1 Å². The Balaban J connectivity index is 2.06. The van der Waals surface area contributed by atoms with Crippen molar-refractivity contribution in [2.75, 3.05) is 20.3 Å². The number of methoxy groups -OCH3 is 1. The summed E-state index contributed by atoms with van der Waals surface area (Å²) in [5.41, 5.74) is 0. The van der Waals surface area contributed by atoms with Gasteiger partial charge in [0.2, 0.25) is 0 Å². The molecule has 0 bridgehead atoms. The maximum atomic E-state index is 4.92. The molecule has 0 aliphatic heterocycles. The van der Waals surface area contributed by atoms with E-state index in [-0.39, 0.29) is 0 Å². The van der Waals surface area contributed by atoms with Crippen LogP contribution >= 0.6 is 0 Å². The molecule has 1 rings (SSSR count). The van der Waals surface area contributed by atoms with E-state index in [9.17, 15) is 0 Å². The van der Waals surface area contributed by atoms with Crippen LogP contribution in [-0.4, -0.2) is 35.0 Å². The molecular formula is C8H16N4O. The highest BCUT2D eigenvalue weighted by molar-refractivity contribution is 4.79. The van der Waals surface area contributed by atoms with Crippen LogP contribution in [0.3, 0.4) is 0 Å². The molecule has 1 aromatic heterocycles. The van der Waals surface area contributed by atoms with Crippen molar-refractivity contribution < 1.29 is 4.74 Å². The summed E-state index contributed by atoms with van der Waals surface area (Å²) in [5, 5.41) is 7.37. The highest BCUT2D eigenvalue weighted by Gasteiger charge is 1.96. The van der Waals surface area contributed by atoms with Crippen molar-refractivity contribution in [1.82, 2.24) is 20.1 Å². The lowest BCUT2D eigenvalue weighted by molar-refractivity contribution is 0.194. The molecule has 0 fully saturated rings. The van der Waals surface area contributed by atoms with Crippen LogP contribution in [0.5, 0.6) is 0 Å². The van der Waals surface area contributed by atoms with E-state index in [0.29, 0.717) is 0 Å². The van der Waals surface area contributed by atoms with Crippen molar-refractivity contribution in [1.29, 1.82) is 0 Å². The van der Waals surface area contributed by atoms with Gasteiger partial charge in [0.05, 0.1) is 6.54 Å². The van der Waals surface area contributed by atoms with Gasteiger partial charge in [0.1, 0.15) is 6.33 Å². The second-order valence-corrected chi connectivity index (χ2v) is 2.86. The fraction of sp³-hybridized carbons (Fsp3) is 0.750. The third-order valence-corrected chi connectivity index (χ3v) is 1.63. The van der Waals surface area contributed by atoms with Gasteiger partial charge in [-0.15, -0.1) is 0 Å². The summed E-state index contributed by atoms with van der Waals surface area (Å²) in [4.78, 5) is 4.09. The smallest absolute Gasteiger partial charge is 0.164 e. The van der Waals surface area contributed by atoms with E-state index in [0.717, 1.165) is 31.9 Å². The Morgan fingerprint density at radius 1 is 1.62 bits per heavy atom. The number of ether oxygens (including phenoxy) is 1. The first-order valence-corrected chi connectivity index (χ1v) is 4.37. The SMILES string of the molecule is COCCCNCc1ncn(C)n1. The molecule has 0 aliphatic carbocycles. The van der Waals surface area contributed by atoms with Gasteiger partial charge >= 0.3 is 0 Å². The van der Waals surface area contributed by atoms with Gasteiger partial charge in [-0.05, 0) is 13.0 Å². The second kappa shape index (κ2) is 5.66. The van der Waals surface area contributed by atoms with Crippen molar-refractivity contribution in [2.45, 2.75) is 13.0 Å². The summed E-state index contributed by atoms with van der Waals surface area (Å²) in [6.07, 6.45) is 2.72. The minimum atomic E-state index is 0.727. The summed E-state index contributed by atoms with van der Waals surface area (Å²) in [6.45, 7) is 2.46. The van der Waals surface area contributed by atoms with Crippen LogP contribution in [0, 0.1) is 0 Å². The molecule has 1 heterocycles.